The first-order valence-electron chi connectivity index (χ1n) is 10.5. The summed E-state index contributed by atoms with van der Waals surface area (Å²) in [5, 5.41) is 3.60. The van der Waals surface area contributed by atoms with Crippen LogP contribution in [0.5, 0.6) is 0 Å². The molecule has 0 radical (unpaired) electrons. The lowest BCUT2D eigenvalue weighted by Crippen LogP contribution is -2.10. The maximum absolute atomic E-state index is 15.9. The van der Waals surface area contributed by atoms with Crippen molar-refractivity contribution < 1.29 is 13.6 Å². The van der Waals surface area contributed by atoms with Crippen LogP contribution in [0.2, 0.25) is 0 Å². The summed E-state index contributed by atoms with van der Waals surface area (Å²) in [6.45, 7) is 0. The van der Waals surface area contributed by atoms with E-state index in [1.54, 1.807) is 67.0 Å². The van der Waals surface area contributed by atoms with Gasteiger partial charge in [0.1, 0.15) is 11.5 Å². The molecular weight excluding hydrogens is 434 g/mol. The molecule has 1 amide bonds. The van der Waals surface area contributed by atoms with Crippen LogP contribution in [0.3, 0.4) is 0 Å². The molecule has 5 rings (SSSR count). The van der Waals surface area contributed by atoms with Gasteiger partial charge in [-0.3, -0.25) is 9.78 Å². The van der Waals surface area contributed by atoms with Crippen LogP contribution in [0, 0.1) is 11.6 Å². The third kappa shape index (κ3) is 3.95. The summed E-state index contributed by atoms with van der Waals surface area (Å²) >= 11 is 0. The van der Waals surface area contributed by atoms with Gasteiger partial charge in [0.15, 0.2) is 5.82 Å². The SMILES string of the molecule is NC(=O)c1cccc(-c2ccc3nc(-c4ccccc4F)c(F)c(Nc4ccncc4)c3c2)c1. The van der Waals surface area contributed by atoms with Crippen LogP contribution in [-0.4, -0.2) is 15.9 Å². The molecule has 0 saturated carbocycles. The minimum Gasteiger partial charge on any atom is -0.366 e. The fraction of sp³-hybridized carbons (Fsp3) is 0. The number of aromatic nitrogens is 2. The number of rotatable bonds is 5. The normalized spacial score (nSPS) is 10.9. The van der Waals surface area contributed by atoms with E-state index < -0.39 is 17.5 Å². The highest BCUT2D eigenvalue weighted by atomic mass is 19.1. The first kappa shape index (κ1) is 21.2. The van der Waals surface area contributed by atoms with Crippen LogP contribution in [-0.2, 0) is 0 Å². The van der Waals surface area contributed by atoms with E-state index in [0.717, 1.165) is 11.1 Å². The standard InChI is InChI=1S/C27H18F2N4O/c28-22-7-2-1-6-20(22)25-24(29)26(32-19-10-12-31-13-11-19)21-15-17(8-9-23(21)33-25)16-4-3-5-18(14-16)27(30)34/h1-15H,(H2,30,34)(H,31,32,33). The number of benzene rings is 3. The summed E-state index contributed by atoms with van der Waals surface area (Å²) in [6.07, 6.45) is 3.17. The molecule has 0 aliphatic heterocycles. The summed E-state index contributed by atoms with van der Waals surface area (Å²) in [5.74, 6) is -1.79. The predicted molar refractivity (Wildman–Crippen MR) is 129 cm³/mol. The van der Waals surface area contributed by atoms with Gasteiger partial charge in [0.2, 0.25) is 5.91 Å². The number of fused-ring (bicyclic) bond motifs is 1. The van der Waals surface area contributed by atoms with Crippen molar-refractivity contribution >= 4 is 28.2 Å². The second-order valence-electron chi connectivity index (χ2n) is 7.67. The quantitative estimate of drug-likeness (QED) is 0.338. The molecule has 3 aromatic carbocycles. The maximum Gasteiger partial charge on any atom is 0.248 e. The number of carbonyl (C=O) groups is 1. The Labute approximate surface area is 193 Å². The number of nitrogens with zero attached hydrogens (tertiary/aromatic N) is 2. The summed E-state index contributed by atoms with van der Waals surface area (Å²) in [7, 11) is 0. The molecule has 0 unspecified atom stereocenters. The van der Waals surface area contributed by atoms with E-state index >= 15 is 4.39 Å². The van der Waals surface area contributed by atoms with Gasteiger partial charge in [-0.15, -0.1) is 0 Å². The second kappa shape index (κ2) is 8.71. The van der Waals surface area contributed by atoms with E-state index in [1.165, 1.54) is 12.1 Å². The number of halogens is 2. The number of anilines is 2. The van der Waals surface area contributed by atoms with Gasteiger partial charge < -0.3 is 11.1 Å². The van der Waals surface area contributed by atoms with E-state index in [4.69, 9.17) is 5.73 Å². The van der Waals surface area contributed by atoms with Crippen molar-refractivity contribution in [3.8, 4) is 22.4 Å². The third-order valence-electron chi connectivity index (χ3n) is 5.48. The van der Waals surface area contributed by atoms with Gasteiger partial charge in [0, 0.05) is 34.6 Å². The van der Waals surface area contributed by atoms with Gasteiger partial charge in [-0.2, -0.15) is 0 Å². The van der Waals surface area contributed by atoms with Gasteiger partial charge in [-0.1, -0.05) is 30.3 Å². The van der Waals surface area contributed by atoms with Crippen molar-refractivity contribution in [1.29, 1.82) is 0 Å². The number of nitrogens with one attached hydrogen (secondary N) is 1. The Morgan fingerprint density at radius 1 is 0.853 bits per heavy atom. The van der Waals surface area contributed by atoms with Gasteiger partial charge in [0.05, 0.1) is 11.2 Å². The topological polar surface area (TPSA) is 80.9 Å². The van der Waals surface area contributed by atoms with Crippen molar-refractivity contribution in [3.63, 3.8) is 0 Å². The average molecular weight is 452 g/mol. The number of carbonyl (C=O) groups excluding carboxylic acids is 1. The summed E-state index contributed by atoms with van der Waals surface area (Å²) < 4.78 is 30.4. The Morgan fingerprint density at radius 3 is 2.38 bits per heavy atom. The lowest BCUT2D eigenvalue weighted by molar-refractivity contribution is 0.100. The third-order valence-corrected chi connectivity index (χ3v) is 5.48. The van der Waals surface area contributed by atoms with Gasteiger partial charge >= 0.3 is 0 Å². The highest BCUT2D eigenvalue weighted by Gasteiger charge is 2.20. The van der Waals surface area contributed by atoms with Crippen molar-refractivity contribution in [1.82, 2.24) is 9.97 Å². The molecule has 0 aliphatic rings. The monoisotopic (exact) mass is 452 g/mol. The number of pyridine rings is 2. The maximum atomic E-state index is 15.9. The van der Waals surface area contributed by atoms with E-state index in [1.807, 2.05) is 12.1 Å². The molecule has 7 heteroatoms. The Morgan fingerprint density at radius 2 is 1.62 bits per heavy atom. The van der Waals surface area contributed by atoms with Gasteiger partial charge in [0.25, 0.3) is 0 Å². The Hall–Kier alpha value is -4.65. The second-order valence-corrected chi connectivity index (χ2v) is 7.67. The zero-order valence-electron chi connectivity index (χ0n) is 17.8. The Balaban J connectivity index is 1.74. The molecule has 3 N–H and O–H groups in total. The van der Waals surface area contributed by atoms with Gasteiger partial charge in [-0.25, -0.2) is 13.8 Å². The molecule has 0 spiro atoms. The summed E-state index contributed by atoms with van der Waals surface area (Å²) in [6, 6.07) is 21.5. The summed E-state index contributed by atoms with van der Waals surface area (Å²) in [5.41, 5.74) is 8.50. The van der Waals surface area contributed by atoms with Crippen LogP contribution in [0.25, 0.3) is 33.3 Å². The molecule has 5 nitrogen and oxygen atoms in total. The highest BCUT2D eigenvalue weighted by Crippen LogP contribution is 2.37. The van der Waals surface area contributed by atoms with E-state index in [9.17, 15) is 9.18 Å². The largest absolute Gasteiger partial charge is 0.366 e. The predicted octanol–water partition coefficient (Wildman–Crippen LogP) is 6.08. The number of primary amides is 1. The molecule has 0 aliphatic carbocycles. The smallest absolute Gasteiger partial charge is 0.248 e. The molecule has 2 heterocycles. The fourth-order valence-electron chi connectivity index (χ4n) is 3.81. The minimum atomic E-state index is -0.683. The van der Waals surface area contributed by atoms with Gasteiger partial charge in [-0.05, 0) is 59.7 Å². The van der Waals surface area contributed by atoms with Crippen LogP contribution >= 0.6 is 0 Å². The van der Waals surface area contributed by atoms with Crippen molar-refractivity contribution in [3.05, 3.63) is 108 Å². The number of nitrogens with two attached hydrogens (primary N) is 1. The molecule has 0 fully saturated rings. The van der Waals surface area contributed by atoms with Crippen LogP contribution < -0.4 is 11.1 Å². The molecule has 0 atom stereocenters. The first-order chi connectivity index (χ1) is 16.5. The number of hydrogen-bond donors (Lipinski definition) is 2. The summed E-state index contributed by atoms with van der Waals surface area (Å²) in [4.78, 5) is 20.1. The van der Waals surface area contributed by atoms with E-state index in [0.29, 0.717) is 22.2 Å². The number of amides is 1. The zero-order chi connectivity index (χ0) is 23.7. The Kier molecular flexibility index (Phi) is 5.43. The Bertz CT molecular complexity index is 1540. The lowest BCUT2D eigenvalue weighted by atomic mass is 9.99. The molecule has 5 aromatic rings. The van der Waals surface area contributed by atoms with Crippen molar-refractivity contribution in [2.24, 2.45) is 5.73 Å². The molecule has 0 saturated heterocycles. The van der Waals surface area contributed by atoms with E-state index in [-0.39, 0.29) is 16.9 Å². The molecule has 2 aromatic heterocycles. The zero-order valence-corrected chi connectivity index (χ0v) is 17.8. The molecule has 166 valence electrons. The molecule has 0 bridgehead atoms. The lowest BCUT2D eigenvalue weighted by Gasteiger charge is -2.15. The molecule has 34 heavy (non-hydrogen) atoms. The van der Waals surface area contributed by atoms with Crippen molar-refractivity contribution in [2.45, 2.75) is 0 Å². The highest BCUT2D eigenvalue weighted by molar-refractivity contribution is 5.99. The fourth-order valence-corrected chi connectivity index (χ4v) is 3.81. The minimum absolute atomic E-state index is 0.0675. The van der Waals surface area contributed by atoms with Crippen LogP contribution in [0.1, 0.15) is 10.4 Å². The van der Waals surface area contributed by atoms with Crippen LogP contribution in [0.15, 0.2) is 91.3 Å². The average Bonchev–Trinajstić information content (AvgIpc) is 2.86. The van der Waals surface area contributed by atoms with Crippen molar-refractivity contribution in [2.75, 3.05) is 5.32 Å². The molecular formula is C27H18F2N4O. The van der Waals surface area contributed by atoms with E-state index in [2.05, 4.69) is 15.3 Å². The number of hydrogen-bond acceptors (Lipinski definition) is 4. The van der Waals surface area contributed by atoms with Crippen LogP contribution in [0.4, 0.5) is 20.2 Å². The first-order valence-corrected chi connectivity index (χ1v) is 10.5.